The number of likely N-dealkylation sites (tertiary alicyclic amines) is 1. The minimum atomic E-state index is -0.436. The van der Waals surface area contributed by atoms with Crippen LogP contribution in [0.5, 0.6) is 0 Å². The van der Waals surface area contributed by atoms with Gasteiger partial charge in [0, 0.05) is 13.1 Å². The van der Waals surface area contributed by atoms with Crippen LogP contribution in [-0.4, -0.2) is 35.2 Å². The van der Waals surface area contributed by atoms with E-state index in [1.165, 1.54) is 12.1 Å². The molecule has 2 aliphatic rings. The standard InChI is InChI=1S/C18H25FN2O2/c19-15-8-3-7-14(11-15)17(13-5-1-2-6-13)20-18(23)21-10-4-9-16(22)12-21/h3,7-8,11,13,16-17,22H,1-2,4-6,9-10,12H2,(H,20,23). The van der Waals surface area contributed by atoms with Gasteiger partial charge in [-0.15, -0.1) is 0 Å². The Morgan fingerprint density at radius 2 is 2.04 bits per heavy atom. The molecular weight excluding hydrogens is 295 g/mol. The molecule has 1 aromatic carbocycles. The third kappa shape index (κ3) is 4.02. The largest absolute Gasteiger partial charge is 0.391 e. The molecule has 2 fully saturated rings. The van der Waals surface area contributed by atoms with Crippen molar-refractivity contribution in [2.45, 2.75) is 50.7 Å². The lowest BCUT2D eigenvalue weighted by molar-refractivity contribution is 0.0824. The molecule has 2 atom stereocenters. The molecule has 3 rings (SSSR count). The number of urea groups is 1. The van der Waals surface area contributed by atoms with Gasteiger partial charge in [0.25, 0.3) is 0 Å². The highest BCUT2D eigenvalue weighted by Crippen LogP contribution is 2.36. The molecule has 2 N–H and O–H groups in total. The molecule has 2 unspecified atom stereocenters. The molecule has 0 aromatic heterocycles. The van der Waals surface area contributed by atoms with Crippen LogP contribution < -0.4 is 5.32 Å². The zero-order valence-electron chi connectivity index (χ0n) is 13.4. The van der Waals surface area contributed by atoms with Crippen molar-refractivity contribution in [3.8, 4) is 0 Å². The summed E-state index contributed by atoms with van der Waals surface area (Å²) >= 11 is 0. The van der Waals surface area contributed by atoms with Crippen molar-refractivity contribution in [1.82, 2.24) is 10.2 Å². The number of benzene rings is 1. The summed E-state index contributed by atoms with van der Waals surface area (Å²) in [5, 5.41) is 12.9. The molecule has 5 heteroatoms. The van der Waals surface area contributed by atoms with Gasteiger partial charge in [0.15, 0.2) is 0 Å². The van der Waals surface area contributed by atoms with Crippen LogP contribution >= 0.6 is 0 Å². The van der Waals surface area contributed by atoms with Gasteiger partial charge in [-0.3, -0.25) is 0 Å². The first-order valence-corrected chi connectivity index (χ1v) is 8.62. The van der Waals surface area contributed by atoms with Crippen LogP contribution in [0.15, 0.2) is 24.3 Å². The third-order valence-corrected chi connectivity index (χ3v) is 5.04. The van der Waals surface area contributed by atoms with Crippen LogP contribution in [0.25, 0.3) is 0 Å². The maximum atomic E-state index is 13.6. The first kappa shape index (κ1) is 16.2. The number of carbonyl (C=O) groups excluding carboxylic acids is 1. The van der Waals surface area contributed by atoms with Crippen molar-refractivity contribution in [2.24, 2.45) is 5.92 Å². The SMILES string of the molecule is O=C(NC(c1cccc(F)c1)C1CCCC1)N1CCCC(O)C1. The number of nitrogens with one attached hydrogen (secondary N) is 1. The summed E-state index contributed by atoms with van der Waals surface area (Å²) in [7, 11) is 0. The summed E-state index contributed by atoms with van der Waals surface area (Å²) in [5.74, 6) is 0.0867. The smallest absolute Gasteiger partial charge is 0.317 e. The molecular formula is C18H25FN2O2. The Labute approximate surface area is 136 Å². The number of aliphatic hydroxyl groups is 1. The van der Waals surface area contributed by atoms with Crippen molar-refractivity contribution >= 4 is 6.03 Å². The molecule has 1 aromatic rings. The van der Waals surface area contributed by atoms with E-state index in [0.717, 1.165) is 44.1 Å². The van der Waals surface area contributed by atoms with Gasteiger partial charge in [-0.1, -0.05) is 25.0 Å². The average Bonchev–Trinajstić information content (AvgIpc) is 3.06. The van der Waals surface area contributed by atoms with Gasteiger partial charge in [-0.25, -0.2) is 9.18 Å². The molecule has 23 heavy (non-hydrogen) atoms. The summed E-state index contributed by atoms with van der Waals surface area (Å²) in [6.07, 6.45) is 5.58. The monoisotopic (exact) mass is 320 g/mol. The number of aliphatic hydroxyl groups excluding tert-OH is 1. The van der Waals surface area contributed by atoms with Crippen LogP contribution in [0, 0.1) is 11.7 Å². The van der Waals surface area contributed by atoms with E-state index in [1.807, 2.05) is 6.07 Å². The van der Waals surface area contributed by atoms with Gasteiger partial charge in [0.2, 0.25) is 0 Å². The highest BCUT2D eigenvalue weighted by atomic mass is 19.1. The van der Waals surface area contributed by atoms with Crippen molar-refractivity contribution < 1.29 is 14.3 Å². The first-order valence-electron chi connectivity index (χ1n) is 8.62. The highest BCUT2D eigenvalue weighted by Gasteiger charge is 2.30. The van der Waals surface area contributed by atoms with Crippen molar-refractivity contribution in [3.05, 3.63) is 35.6 Å². The zero-order chi connectivity index (χ0) is 16.2. The molecule has 4 nitrogen and oxygen atoms in total. The number of amides is 2. The van der Waals surface area contributed by atoms with E-state index in [1.54, 1.807) is 11.0 Å². The number of nitrogens with zero attached hydrogens (tertiary/aromatic N) is 1. The zero-order valence-corrected chi connectivity index (χ0v) is 13.4. The summed E-state index contributed by atoms with van der Waals surface area (Å²) in [4.78, 5) is 14.3. The Hall–Kier alpha value is -1.62. The summed E-state index contributed by atoms with van der Waals surface area (Å²) in [6, 6.07) is 6.23. The average molecular weight is 320 g/mol. The first-order chi connectivity index (χ1) is 11.1. The van der Waals surface area contributed by atoms with Crippen LogP contribution in [0.4, 0.5) is 9.18 Å². The molecule has 0 bridgehead atoms. The molecule has 1 heterocycles. The van der Waals surface area contributed by atoms with E-state index in [-0.39, 0.29) is 17.9 Å². The number of piperidine rings is 1. The van der Waals surface area contributed by atoms with Crippen LogP contribution in [0.1, 0.15) is 50.1 Å². The molecule has 126 valence electrons. The van der Waals surface area contributed by atoms with Crippen LogP contribution in [-0.2, 0) is 0 Å². The lowest BCUT2D eigenvalue weighted by Crippen LogP contribution is -2.48. The van der Waals surface area contributed by atoms with E-state index in [0.29, 0.717) is 19.0 Å². The summed E-state index contributed by atoms with van der Waals surface area (Å²) in [6.45, 7) is 1.05. The number of halogens is 1. The van der Waals surface area contributed by atoms with Gasteiger partial charge >= 0.3 is 6.03 Å². The van der Waals surface area contributed by atoms with Crippen molar-refractivity contribution in [2.75, 3.05) is 13.1 Å². The molecule has 1 aliphatic heterocycles. The van der Waals surface area contributed by atoms with Crippen LogP contribution in [0.3, 0.4) is 0 Å². The van der Waals surface area contributed by atoms with Crippen LogP contribution in [0.2, 0.25) is 0 Å². The highest BCUT2D eigenvalue weighted by molar-refractivity contribution is 5.75. The van der Waals surface area contributed by atoms with E-state index in [4.69, 9.17) is 0 Å². The molecule has 1 aliphatic carbocycles. The number of hydrogen-bond donors (Lipinski definition) is 2. The fraction of sp³-hybridized carbons (Fsp3) is 0.611. The predicted octanol–water partition coefficient (Wildman–Crippen LogP) is 3.22. The molecule has 1 saturated heterocycles. The van der Waals surface area contributed by atoms with E-state index in [9.17, 15) is 14.3 Å². The van der Waals surface area contributed by atoms with E-state index in [2.05, 4.69) is 5.32 Å². The molecule has 2 amide bonds. The lowest BCUT2D eigenvalue weighted by atomic mass is 9.91. The van der Waals surface area contributed by atoms with E-state index >= 15 is 0 Å². The number of carbonyl (C=O) groups is 1. The number of rotatable bonds is 3. The van der Waals surface area contributed by atoms with Gasteiger partial charge in [0.1, 0.15) is 5.82 Å². The fourth-order valence-corrected chi connectivity index (χ4v) is 3.83. The Morgan fingerprint density at radius 1 is 1.26 bits per heavy atom. The van der Waals surface area contributed by atoms with Gasteiger partial charge < -0.3 is 15.3 Å². The minimum Gasteiger partial charge on any atom is -0.391 e. The van der Waals surface area contributed by atoms with Crippen molar-refractivity contribution in [3.63, 3.8) is 0 Å². The second kappa shape index (κ2) is 7.30. The molecule has 0 radical (unpaired) electrons. The van der Waals surface area contributed by atoms with Gasteiger partial charge in [-0.2, -0.15) is 0 Å². The Morgan fingerprint density at radius 3 is 2.74 bits per heavy atom. The predicted molar refractivity (Wildman–Crippen MR) is 86.4 cm³/mol. The second-order valence-corrected chi connectivity index (χ2v) is 6.77. The maximum Gasteiger partial charge on any atom is 0.317 e. The van der Waals surface area contributed by atoms with Crippen molar-refractivity contribution in [1.29, 1.82) is 0 Å². The fourth-order valence-electron chi connectivity index (χ4n) is 3.83. The van der Waals surface area contributed by atoms with Gasteiger partial charge in [0.05, 0.1) is 12.1 Å². The topological polar surface area (TPSA) is 52.6 Å². The number of hydrogen-bond acceptors (Lipinski definition) is 2. The minimum absolute atomic E-state index is 0.148. The Kier molecular flexibility index (Phi) is 5.16. The Bertz CT molecular complexity index is 546. The quantitative estimate of drug-likeness (QED) is 0.898. The van der Waals surface area contributed by atoms with E-state index < -0.39 is 6.10 Å². The Balaban J connectivity index is 1.74. The second-order valence-electron chi connectivity index (χ2n) is 6.77. The summed E-state index contributed by atoms with van der Waals surface area (Å²) < 4.78 is 13.6. The van der Waals surface area contributed by atoms with Gasteiger partial charge in [-0.05, 0) is 49.3 Å². The number of β-amino-alcohol motifs (C(OH)–C–C–N with tert-alkyl or cyclic N) is 1. The maximum absolute atomic E-state index is 13.6. The molecule has 0 spiro atoms. The lowest BCUT2D eigenvalue weighted by Gasteiger charge is -2.33. The third-order valence-electron chi connectivity index (χ3n) is 5.04. The molecule has 1 saturated carbocycles. The normalized spacial score (nSPS) is 23.7. The summed E-state index contributed by atoms with van der Waals surface area (Å²) in [5.41, 5.74) is 0.836.